The number of benzene rings is 1. The van der Waals surface area contributed by atoms with Gasteiger partial charge >= 0.3 is 0 Å². The van der Waals surface area contributed by atoms with Crippen molar-refractivity contribution in [3.63, 3.8) is 0 Å². The molecular weight excluding hydrogens is 237 g/mol. The molecule has 3 nitrogen and oxygen atoms in total. The van der Waals surface area contributed by atoms with Crippen molar-refractivity contribution >= 4 is 34.8 Å². The van der Waals surface area contributed by atoms with Gasteiger partial charge < -0.3 is 10.4 Å². The Morgan fingerprint density at radius 3 is 2.80 bits per heavy atom. The lowest BCUT2D eigenvalue weighted by atomic mass is 10.2. The number of alkyl halides is 1. The van der Waals surface area contributed by atoms with Gasteiger partial charge in [-0.3, -0.25) is 4.79 Å². The SMILES string of the molecule is CC(CCl)C(=O)Nc1ccc(O)c(Cl)c1. The second-order valence-electron chi connectivity index (χ2n) is 3.21. The van der Waals surface area contributed by atoms with Crippen LogP contribution in [-0.2, 0) is 4.79 Å². The van der Waals surface area contributed by atoms with E-state index in [1.54, 1.807) is 13.0 Å². The molecule has 0 aliphatic carbocycles. The number of hydrogen-bond donors (Lipinski definition) is 2. The van der Waals surface area contributed by atoms with Gasteiger partial charge in [0.25, 0.3) is 0 Å². The number of amides is 1. The minimum absolute atomic E-state index is 0.0138. The second kappa shape index (κ2) is 5.24. The fourth-order valence-electron chi connectivity index (χ4n) is 0.920. The highest BCUT2D eigenvalue weighted by molar-refractivity contribution is 6.32. The summed E-state index contributed by atoms with van der Waals surface area (Å²) >= 11 is 11.2. The highest BCUT2D eigenvalue weighted by Crippen LogP contribution is 2.26. The van der Waals surface area contributed by atoms with Crippen molar-refractivity contribution in [2.24, 2.45) is 5.92 Å². The fourth-order valence-corrected chi connectivity index (χ4v) is 1.24. The minimum Gasteiger partial charge on any atom is -0.506 e. The van der Waals surface area contributed by atoms with E-state index in [2.05, 4.69) is 5.32 Å². The molecule has 1 atom stereocenters. The van der Waals surface area contributed by atoms with Crippen molar-refractivity contribution in [3.05, 3.63) is 23.2 Å². The van der Waals surface area contributed by atoms with Crippen LogP contribution in [0.25, 0.3) is 0 Å². The van der Waals surface area contributed by atoms with E-state index in [0.717, 1.165) is 0 Å². The number of hydrogen-bond acceptors (Lipinski definition) is 2. The van der Waals surface area contributed by atoms with Crippen LogP contribution in [0.5, 0.6) is 5.75 Å². The van der Waals surface area contributed by atoms with Gasteiger partial charge in [0.1, 0.15) is 5.75 Å². The summed E-state index contributed by atoms with van der Waals surface area (Å²) in [5, 5.41) is 12.0. The summed E-state index contributed by atoms with van der Waals surface area (Å²) in [7, 11) is 0. The molecule has 0 fully saturated rings. The number of halogens is 2. The van der Waals surface area contributed by atoms with Crippen LogP contribution in [0, 0.1) is 5.92 Å². The number of carbonyl (C=O) groups is 1. The molecule has 1 rings (SSSR count). The molecular formula is C10H11Cl2NO2. The summed E-state index contributed by atoms with van der Waals surface area (Å²) < 4.78 is 0. The molecule has 0 saturated carbocycles. The van der Waals surface area contributed by atoms with Crippen LogP contribution in [-0.4, -0.2) is 16.9 Å². The minimum atomic E-state index is -0.265. The number of aromatic hydroxyl groups is 1. The maximum atomic E-state index is 11.4. The molecule has 82 valence electrons. The molecule has 15 heavy (non-hydrogen) atoms. The van der Waals surface area contributed by atoms with Crippen LogP contribution >= 0.6 is 23.2 Å². The molecule has 0 spiro atoms. The first kappa shape index (κ1) is 12.1. The van der Waals surface area contributed by atoms with Crippen LogP contribution < -0.4 is 5.32 Å². The third-order valence-electron chi connectivity index (χ3n) is 1.89. The molecule has 0 aliphatic rings. The molecule has 2 N–H and O–H groups in total. The maximum Gasteiger partial charge on any atom is 0.228 e. The van der Waals surface area contributed by atoms with Gasteiger partial charge in [0.2, 0.25) is 5.91 Å². The van der Waals surface area contributed by atoms with Crippen LogP contribution in [0.3, 0.4) is 0 Å². The smallest absolute Gasteiger partial charge is 0.228 e. The molecule has 1 aromatic rings. The van der Waals surface area contributed by atoms with E-state index in [4.69, 9.17) is 28.3 Å². The number of phenols is 1. The molecule has 5 heteroatoms. The van der Waals surface area contributed by atoms with Crippen molar-refractivity contribution in [3.8, 4) is 5.75 Å². The normalized spacial score (nSPS) is 12.2. The number of carbonyl (C=O) groups excluding carboxylic acids is 1. The number of phenolic OH excluding ortho intramolecular Hbond substituents is 1. The van der Waals surface area contributed by atoms with E-state index in [-0.39, 0.29) is 28.5 Å². The third-order valence-corrected chi connectivity index (χ3v) is 2.66. The second-order valence-corrected chi connectivity index (χ2v) is 3.93. The average molecular weight is 248 g/mol. The van der Waals surface area contributed by atoms with E-state index < -0.39 is 0 Å². The van der Waals surface area contributed by atoms with Gasteiger partial charge in [-0.2, -0.15) is 0 Å². The number of rotatable bonds is 3. The Balaban J connectivity index is 2.73. The van der Waals surface area contributed by atoms with E-state index in [9.17, 15) is 4.79 Å². The van der Waals surface area contributed by atoms with Gasteiger partial charge in [0.15, 0.2) is 0 Å². The first-order valence-corrected chi connectivity index (χ1v) is 5.31. The van der Waals surface area contributed by atoms with Crippen molar-refractivity contribution in [2.75, 3.05) is 11.2 Å². The topological polar surface area (TPSA) is 49.3 Å². The summed E-state index contributed by atoms with van der Waals surface area (Å²) in [5.74, 6) is -0.191. The lowest BCUT2D eigenvalue weighted by Crippen LogP contribution is -2.21. The van der Waals surface area contributed by atoms with E-state index >= 15 is 0 Å². The number of anilines is 1. The van der Waals surface area contributed by atoms with Gasteiger partial charge in [0, 0.05) is 17.5 Å². The Morgan fingerprint density at radius 1 is 1.60 bits per heavy atom. The molecule has 1 aromatic carbocycles. The Hall–Kier alpha value is -0.930. The highest BCUT2D eigenvalue weighted by atomic mass is 35.5. The zero-order chi connectivity index (χ0) is 11.4. The highest BCUT2D eigenvalue weighted by Gasteiger charge is 2.11. The van der Waals surface area contributed by atoms with E-state index in [0.29, 0.717) is 5.69 Å². The Morgan fingerprint density at radius 2 is 2.27 bits per heavy atom. The van der Waals surface area contributed by atoms with Gasteiger partial charge in [-0.15, -0.1) is 11.6 Å². The van der Waals surface area contributed by atoms with E-state index in [1.165, 1.54) is 12.1 Å². The summed E-state index contributed by atoms with van der Waals surface area (Å²) in [6, 6.07) is 4.47. The summed E-state index contributed by atoms with van der Waals surface area (Å²) in [5.41, 5.74) is 0.541. The lowest BCUT2D eigenvalue weighted by Gasteiger charge is -2.09. The van der Waals surface area contributed by atoms with Crippen molar-refractivity contribution in [1.82, 2.24) is 0 Å². The van der Waals surface area contributed by atoms with Crippen LogP contribution in [0.2, 0.25) is 5.02 Å². The molecule has 0 saturated heterocycles. The summed E-state index contributed by atoms with van der Waals surface area (Å²) in [6.45, 7) is 1.73. The van der Waals surface area contributed by atoms with Gasteiger partial charge in [-0.25, -0.2) is 0 Å². The monoisotopic (exact) mass is 247 g/mol. The summed E-state index contributed by atoms with van der Waals surface area (Å²) in [4.78, 5) is 11.4. The largest absolute Gasteiger partial charge is 0.506 e. The Kier molecular flexibility index (Phi) is 4.24. The standard InChI is InChI=1S/C10H11Cl2NO2/c1-6(5-11)10(15)13-7-2-3-9(14)8(12)4-7/h2-4,6,14H,5H2,1H3,(H,13,15). The molecule has 0 radical (unpaired) electrons. The van der Waals surface area contributed by atoms with Crippen molar-refractivity contribution < 1.29 is 9.90 Å². The Bertz CT molecular complexity index is 368. The predicted octanol–water partition coefficient (Wildman–Crippen LogP) is 2.86. The molecule has 0 bridgehead atoms. The Labute approximate surface area is 98.0 Å². The molecule has 0 aromatic heterocycles. The quantitative estimate of drug-likeness (QED) is 0.638. The maximum absolute atomic E-state index is 11.4. The van der Waals surface area contributed by atoms with E-state index in [1.807, 2.05) is 0 Å². The van der Waals surface area contributed by atoms with Gasteiger partial charge in [-0.1, -0.05) is 18.5 Å². The summed E-state index contributed by atoms with van der Waals surface area (Å²) in [6.07, 6.45) is 0. The third kappa shape index (κ3) is 3.29. The zero-order valence-corrected chi connectivity index (χ0v) is 9.64. The van der Waals surface area contributed by atoms with Crippen molar-refractivity contribution in [2.45, 2.75) is 6.92 Å². The van der Waals surface area contributed by atoms with Crippen LogP contribution in [0.1, 0.15) is 6.92 Å². The first-order valence-electron chi connectivity index (χ1n) is 4.40. The van der Waals surface area contributed by atoms with Gasteiger partial charge in [-0.05, 0) is 18.2 Å². The van der Waals surface area contributed by atoms with Crippen LogP contribution in [0.15, 0.2) is 18.2 Å². The lowest BCUT2D eigenvalue weighted by molar-refractivity contribution is -0.118. The fraction of sp³-hybridized carbons (Fsp3) is 0.300. The first-order chi connectivity index (χ1) is 7.04. The zero-order valence-electron chi connectivity index (χ0n) is 8.13. The molecule has 0 aliphatic heterocycles. The average Bonchev–Trinajstić information content (AvgIpc) is 2.22. The molecule has 0 heterocycles. The van der Waals surface area contributed by atoms with Crippen LogP contribution in [0.4, 0.5) is 5.69 Å². The predicted molar refractivity (Wildman–Crippen MR) is 61.6 cm³/mol. The van der Waals surface area contributed by atoms with Gasteiger partial charge in [0.05, 0.1) is 5.02 Å². The number of nitrogens with one attached hydrogen (secondary N) is 1. The molecule has 1 unspecified atom stereocenters. The molecule has 1 amide bonds. The van der Waals surface area contributed by atoms with Crippen molar-refractivity contribution in [1.29, 1.82) is 0 Å².